The maximum Gasteiger partial charge on any atom is 0.161 e. The Balaban J connectivity index is 2.47. The molecule has 0 aliphatic carbocycles. The number of aromatic nitrogens is 4. The number of ether oxygens (including phenoxy) is 1. The van der Waals surface area contributed by atoms with Crippen molar-refractivity contribution in [1.29, 1.82) is 0 Å². The molecule has 0 saturated heterocycles. The fraction of sp³-hybridized carbons (Fsp3) is 0.500. The van der Waals surface area contributed by atoms with Crippen molar-refractivity contribution in [1.82, 2.24) is 24.9 Å². The van der Waals surface area contributed by atoms with E-state index in [-0.39, 0.29) is 6.04 Å². The molecule has 1 N–H and O–H groups in total. The van der Waals surface area contributed by atoms with E-state index < -0.39 is 0 Å². The van der Waals surface area contributed by atoms with Crippen LogP contribution in [-0.4, -0.2) is 33.2 Å². The Morgan fingerprint density at radius 2 is 2.11 bits per heavy atom. The smallest absolute Gasteiger partial charge is 0.161 e. The maximum absolute atomic E-state index is 5.38. The molecule has 0 spiro atoms. The zero-order valence-corrected chi connectivity index (χ0v) is 11.2. The van der Waals surface area contributed by atoms with E-state index >= 15 is 0 Å². The standard InChI is InChI=1S/C12H19N5O/c1-5-13-11(9-6-7-14-16(9)2)12-10(18-4)8-15-17(12)3/h6-8,11,13H,5H2,1-4H3. The van der Waals surface area contributed by atoms with E-state index in [9.17, 15) is 0 Å². The molecule has 98 valence electrons. The number of hydrogen-bond donors (Lipinski definition) is 1. The van der Waals surface area contributed by atoms with Gasteiger partial charge in [-0.15, -0.1) is 0 Å². The zero-order chi connectivity index (χ0) is 13.1. The van der Waals surface area contributed by atoms with Crippen molar-refractivity contribution in [3.8, 4) is 5.75 Å². The Kier molecular flexibility index (Phi) is 3.66. The van der Waals surface area contributed by atoms with Crippen LogP contribution < -0.4 is 10.1 Å². The second-order valence-electron chi connectivity index (χ2n) is 4.09. The van der Waals surface area contributed by atoms with E-state index in [0.29, 0.717) is 0 Å². The van der Waals surface area contributed by atoms with Gasteiger partial charge in [-0.2, -0.15) is 10.2 Å². The molecule has 0 bridgehead atoms. The van der Waals surface area contributed by atoms with E-state index in [1.54, 1.807) is 19.5 Å². The van der Waals surface area contributed by atoms with Gasteiger partial charge in [-0.3, -0.25) is 9.36 Å². The van der Waals surface area contributed by atoms with Crippen LogP contribution in [0.2, 0.25) is 0 Å². The summed E-state index contributed by atoms with van der Waals surface area (Å²) in [5.74, 6) is 0.782. The summed E-state index contributed by atoms with van der Waals surface area (Å²) >= 11 is 0. The molecule has 0 aromatic carbocycles. The lowest BCUT2D eigenvalue weighted by Crippen LogP contribution is -2.26. The molecular weight excluding hydrogens is 230 g/mol. The van der Waals surface area contributed by atoms with Crippen LogP contribution in [0.5, 0.6) is 5.75 Å². The predicted molar refractivity (Wildman–Crippen MR) is 68.5 cm³/mol. The summed E-state index contributed by atoms with van der Waals surface area (Å²) in [6.07, 6.45) is 3.53. The summed E-state index contributed by atoms with van der Waals surface area (Å²) in [4.78, 5) is 0. The molecule has 0 aliphatic rings. The Hall–Kier alpha value is -1.82. The SMILES string of the molecule is CCNC(c1ccnn1C)c1c(OC)cnn1C. The van der Waals surface area contributed by atoms with Crippen molar-refractivity contribution >= 4 is 0 Å². The van der Waals surface area contributed by atoms with Crippen LogP contribution in [0.3, 0.4) is 0 Å². The third-order valence-electron chi connectivity index (χ3n) is 3.01. The molecule has 0 amide bonds. The average molecular weight is 249 g/mol. The normalized spacial score (nSPS) is 12.7. The minimum absolute atomic E-state index is 0.0185. The molecular formula is C12H19N5O. The van der Waals surface area contributed by atoms with Gasteiger partial charge in [0.15, 0.2) is 5.75 Å². The molecule has 0 radical (unpaired) electrons. The van der Waals surface area contributed by atoms with Crippen molar-refractivity contribution in [3.05, 3.63) is 29.8 Å². The van der Waals surface area contributed by atoms with Crippen molar-refractivity contribution < 1.29 is 4.74 Å². The van der Waals surface area contributed by atoms with Crippen LogP contribution in [0.25, 0.3) is 0 Å². The van der Waals surface area contributed by atoms with Gasteiger partial charge in [-0.1, -0.05) is 6.92 Å². The minimum Gasteiger partial charge on any atom is -0.493 e. The average Bonchev–Trinajstić information content (AvgIpc) is 2.93. The first kappa shape index (κ1) is 12.6. The lowest BCUT2D eigenvalue weighted by molar-refractivity contribution is 0.399. The number of nitrogens with one attached hydrogen (secondary N) is 1. The number of rotatable bonds is 5. The predicted octanol–water partition coefficient (Wildman–Crippen LogP) is 0.861. The van der Waals surface area contributed by atoms with E-state index in [0.717, 1.165) is 23.7 Å². The monoisotopic (exact) mass is 249 g/mol. The van der Waals surface area contributed by atoms with Crippen LogP contribution in [0.1, 0.15) is 24.4 Å². The van der Waals surface area contributed by atoms with Gasteiger partial charge in [-0.05, 0) is 12.6 Å². The first-order chi connectivity index (χ1) is 8.69. The van der Waals surface area contributed by atoms with E-state index in [4.69, 9.17) is 4.74 Å². The van der Waals surface area contributed by atoms with Gasteiger partial charge in [-0.25, -0.2) is 0 Å². The number of hydrogen-bond acceptors (Lipinski definition) is 4. The highest BCUT2D eigenvalue weighted by atomic mass is 16.5. The fourth-order valence-electron chi connectivity index (χ4n) is 2.13. The van der Waals surface area contributed by atoms with Crippen LogP contribution in [-0.2, 0) is 14.1 Å². The van der Waals surface area contributed by atoms with Gasteiger partial charge in [0.05, 0.1) is 25.0 Å². The lowest BCUT2D eigenvalue weighted by atomic mass is 10.1. The van der Waals surface area contributed by atoms with Gasteiger partial charge in [0.1, 0.15) is 5.69 Å². The topological polar surface area (TPSA) is 56.9 Å². The fourth-order valence-corrected chi connectivity index (χ4v) is 2.13. The zero-order valence-electron chi connectivity index (χ0n) is 11.2. The molecule has 2 heterocycles. The minimum atomic E-state index is 0.0185. The van der Waals surface area contributed by atoms with Crippen molar-refractivity contribution in [2.75, 3.05) is 13.7 Å². The maximum atomic E-state index is 5.38. The Morgan fingerprint density at radius 1 is 1.33 bits per heavy atom. The Morgan fingerprint density at radius 3 is 2.67 bits per heavy atom. The molecule has 0 aliphatic heterocycles. The molecule has 2 aromatic heterocycles. The molecule has 0 fully saturated rings. The second kappa shape index (κ2) is 5.22. The summed E-state index contributed by atoms with van der Waals surface area (Å²) in [5, 5.41) is 11.9. The number of nitrogens with zero attached hydrogens (tertiary/aromatic N) is 4. The molecule has 2 rings (SSSR count). The van der Waals surface area contributed by atoms with Crippen molar-refractivity contribution in [2.24, 2.45) is 14.1 Å². The van der Waals surface area contributed by atoms with Gasteiger partial charge in [0, 0.05) is 20.3 Å². The molecule has 1 atom stereocenters. The van der Waals surface area contributed by atoms with Gasteiger partial charge < -0.3 is 10.1 Å². The van der Waals surface area contributed by atoms with Crippen LogP contribution in [0, 0.1) is 0 Å². The summed E-state index contributed by atoms with van der Waals surface area (Å²) in [5.41, 5.74) is 2.08. The molecule has 0 saturated carbocycles. The highest BCUT2D eigenvalue weighted by Gasteiger charge is 2.23. The van der Waals surface area contributed by atoms with E-state index in [2.05, 4.69) is 22.4 Å². The van der Waals surface area contributed by atoms with Crippen molar-refractivity contribution in [3.63, 3.8) is 0 Å². The van der Waals surface area contributed by atoms with Crippen LogP contribution in [0.4, 0.5) is 0 Å². The van der Waals surface area contributed by atoms with E-state index in [1.165, 1.54) is 0 Å². The van der Waals surface area contributed by atoms with Crippen LogP contribution >= 0.6 is 0 Å². The Bertz CT molecular complexity index is 516. The summed E-state index contributed by atoms with van der Waals surface area (Å²) in [7, 11) is 5.51. The molecule has 6 heteroatoms. The number of methoxy groups -OCH3 is 1. The second-order valence-corrected chi connectivity index (χ2v) is 4.09. The number of aryl methyl sites for hydroxylation is 2. The summed E-state index contributed by atoms with van der Waals surface area (Å²) < 4.78 is 9.07. The highest BCUT2D eigenvalue weighted by molar-refractivity contribution is 5.33. The third kappa shape index (κ3) is 2.11. The van der Waals surface area contributed by atoms with Crippen LogP contribution in [0.15, 0.2) is 18.5 Å². The molecule has 1 unspecified atom stereocenters. The van der Waals surface area contributed by atoms with Gasteiger partial charge >= 0.3 is 0 Å². The first-order valence-electron chi connectivity index (χ1n) is 5.96. The molecule has 2 aromatic rings. The molecule has 18 heavy (non-hydrogen) atoms. The highest BCUT2D eigenvalue weighted by Crippen LogP contribution is 2.28. The van der Waals surface area contributed by atoms with E-state index in [1.807, 2.05) is 29.5 Å². The Labute approximate surface area is 107 Å². The quantitative estimate of drug-likeness (QED) is 0.854. The first-order valence-corrected chi connectivity index (χ1v) is 5.96. The van der Waals surface area contributed by atoms with Gasteiger partial charge in [0.2, 0.25) is 0 Å². The summed E-state index contributed by atoms with van der Waals surface area (Å²) in [6, 6.07) is 2.02. The lowest BCUT2D eigenvalue weighted by Gasteiger charge is -2.19. The largest absolute Gasteiger partial charge is 0.493 e. The van der Waals surface area contributed by atoms with Crippen molar-refractivity contribution in [2.45, 2.75) is 13.0 Å². The third-order valence-corrected chi connectivity index (χ3v) is 3.01. The summed E-state index contributed by atoms with van der Waals surface area (Å²) in [6.45, 7) is 2.93. The molecule has 6 nitrogen and oxygen atoms in total. The van der Waals surface area contributed by atoms with Gasteiger partial charge in [0.25, 0.3) is 0 Å².